The topological polar surface area (TPSA) is 57.5 Å². The van der Waals surface area contributed by atoms with E-state index in [1.165, 1.54) is 26.8 Å². The summed E-state index contributed by atoms with van der Waals surface area (Å²) in [5.74, 6) is -1.31. The third kappa shape index (κ3) is 5.50. The largest absolute Gasteiger partial charge is 0.507 e. The number of carbonyl (C=O) groups is 1. The van der Waals surface area contributed by atoms with Crippen LogP contribution in [-0.2, 0) is 10.9 Å². The highest BCUT2D eigenvalue weighted by molar-refractivity contribution is 7.97. The van der Waals surface area contributed by atoms with Crippen LogP contribution in [0.1, 0.15) is 10.4 Å². The third-order valence-electron chi connectivity index (χ3n) is 4.07. The molecule has 0 aliphatic carbocycles. The zero-order chi connectivity index (χ0) is 20.5. The van der Waals surface area contributed by atoms with Crippen LogP contribution in [0.2, 0.25) is 0 Å². The first kappa shape index (κ1) is 20.2. The van der Waals surface area contributed by atoms with E-state index < -0.39 is 5.97 Å². The second kappa shape index (κ2) is 10.2. The van der Waals surface area contributed by atoms with E-state index in [1.807, 2.05) is 0 Å². The molecular weight excluding hydrogens is 380 g/mol. The summed E-state index contributed by atoms with van der Waals surface area (Å²) in [6.45, 7) is 0. The molecule has 29 heavy (non-hydrogen) atoms. The molecule has 0 amide bonds. The first-order chi connectivity index (χ1) is 14.2. The molecule has 0 unspecified atom stereocenters. The Morgan fingerprint density at radius 1 is 0.552 bits per heavy atom. The lowest BCUT2D eigenvalue weighted by Gasteiger charge is -2.07. The van der Waals surface area contributed by atoms with Crippen molar-refractivity contribution < 1.29 is 15.0 Å². The van der Waals surface area contributed by atoms with Crippen molar-refractivity contribution in [3.05, 3.63) is 121 Å². The molecule has 0 bridgehead atoms. The lowest BCUT2D eigenvalue weighted by molar-refractivity contribution is 0.0693. The van der Waals surface area contributed by atoms with Gasteiger partial charge < -0.3 is 10.2 Å². The van der Waals surface area contributed by atoms with Gasteiger partial charge in [0.25, 0.3) is 0 Å². The van der Waals surface area contributed by atoms with E-state index >= 15 is 0 Å². The van der Waals surface area contributed by atoms with Gasteiger partial charge in [-0.1, -0.05) is 66.7 Å². The summed E-state index contributed by atoms with van der Waals surface area (Å²) in [5.41, 5.74) is -0.0671. The second-order valence-corrected chi connectivity index (χ2v) is 8.09. The van der Waals surface area contributed by atoms with Gasteiger partial charge in [0.2, 0.25) is 0 Å². The Morgan fingerprint density at radius 2 is 0.897 bits per heavy atom. The van der Waals surface area contributed by atoms with Crippen molar-refractivity contribution >= 4 is 16.9 Å². The number of hydrogen-bond donors (Lipinski definition) is 2. The van der Waals surface area contributed by atoms with Crippen molar-refractivity contribution in [3.63, 3.8) is 0 Å². The Bertz CT molecular complexity index is 941. The average Bonchev–Trinajstić information content (AvgIpc) is 2.77. The molecule has 0 aliphatic rings. The highest BCUT2D eigenvalue weighted by Gasteiger charge is 2.27. The number of phenols is 1. The molecule has 0 atom stereocenters. The molecule has 4 heteroatoms. The molecule has 0 saturated carbocycles. The zero-order valence-corrected chi connectivity index (χ0v) is 16.5. The Balaban J connectivity index is 0.000000204. The maximum Gasteiger partial charge on any atom is 0.339 e. The van der Waals surface area contributed by atoms with Crippen LogP contribution in [-0.4, -0.2) is 16.2 Å². The minimum atomic E-state index is -1.11. The Hall–Kier alpha value is -3.50. The number of carboxylic acids is 1. The van der Waals surface area contributed by atoms with Crippen molar-refractivity contribution in [2.75, 3.05) is 0 Å². The summed E-state index contributed by atoms with van der Waals surface area (Å²) < 4.78 is 0. The van der Waals surface area contributed by atoms with Gasteiger partial charge in [0, 0.05) is 0 Å². The van der Waals surface area contributed by atoms with E-state index in [2.05, 4.69) is 91.0 Å². The van der Waals surface area contributed by atoms with Gasteiger partial charge in [-0.3, -0.25) is 0 Å². The van der Waals surface area contributed by atoms with E-state index in [9.17, 15) is 4.79 Å². The van der Waals surface area contributed by atoms with Crippen LogP contribution in [0.25, 0.3) is 0 Å². The van der Waals surface area contributed by atoms with E-state index in [-0.39, 0.29) is 22.2 Å². The highest BCUT2D eigenvalue weighted by Crippen LogP contribution is 2.30. The summed E-state index contributed by atoms with van der Waals surface area (Å²) in [4.78, 5) is 14.3. The first-order valence-corrected chi connectivity index (χ1v) is 10.3. The summed E-state index contributed by atoms with van der Waals surface area (Å²) in [7, 11) is -0.0146. The normalized spacial score (nSPS) is 10.1. The van der Waals surface area contributed by atoms with Crippen LogP contribution < -0.4 is 0 Å². The fourth-order valence-electron chi connectivity index (χ4n) is 2.73. The van der Waals surface area contributed by atoms with Crippen molar-refractivity contribution in [2.24, 2.45) is 0 Å². The van der Waals surface area contributed by atoms with Crippen LogP contribution in [0.4, 0.5) is 0 Å². The molecule has 0 fully saturated rings. The lowest BCUT2D eigenvalue weighted by atomic mass is 10.2. The van der Waals surface area contributed by atoms with E-state index in [0.717, 1.165) is 0 Å². The average molecular weight is 402 g/mol. The van der Waals surface area contributed by atoms with Crippen molar-refractivity contribution in [1.82, 2.24) is 0 Å². The van der Waals surface area contributed by atoms with Crippen LogP contribution in [0.3, 0.4) is 0 Å². The highest BCUT2D eigenvalue weighted by atomic mass is 32.2. The van der Waals surface area contributed by atoms with Gasteiger partial charge in [-0.05, 0) is 48.5 Å². The van der Waals surface area contributed by atoms with Crippen LogP contribution in [0, 0.1) is 0 Å². The smallest absolute Gasteiger partial charge is 0.339 e. The SMILES string of the molecule is O=C(O)c1ccccc1O.c1ccc([S+](c2ccccc2)c2ccccc2)cc1. The molecule has 4 aromatic rings. The monoisotopic (exact) mass is 401 g/mol. The van der Waals surface area contributed by atoms with E-state index in [4.69, 9.17) is 10.2 Å². The van der Waals surface area contributed by atoms with E-state index in [0.29, 0.717) is 0 Å². The van der Waals surface area contributed by atoms with Gasteiger partial charge in [0.15, 0.2) is 14.7 Å². The van der Waals surface area contributed by atoms with Crippen LogP contribution in [0.5, 0.6) is 5.75 Å². The summed E-state index contributed by atoms with van der Waals surface area (Å²) in [6, 6.07) is 38.0. The molecule has 0 heterocycles. The number of aromatic carboxylic acids is 1. The van der Waals surface area contributed by atoms with Gasteiger partial charge >= 0.3 is 5.97 Å². The summed E-state index contributed by atoms with van der Waals surface area (Å²) in [6.07, 6.45) is 0. The quantitative estimate of drug-likeness (QED) is 0.420. The van der Waals surface area contributed by atoms with Gasteiger partial charge in [-0.15, -0.1) is 0 Å². The first-order valence-electron chi connectivity index (χ1n) is 9.07. The molecule has 0 aliphatic heterocycles. The molecule has 2 N–H and O–H groups in total. The van der Waals surface area contributed by atoms with Crippen molar-refractivity contribution in [2.45, 2.75) is 14.7 Å². The predicted molar refractivity (Wildman–Crippen MR) is 117 cm³/mol. The molecule has 0 aromatic heterocycles. The fourth-order valence-corrected chi connectivity index (χ4v) is 4.84. The van der Waals surface area contributed by atoms with Crippen molar-refractivity contribution in [1.29, 1.82) is 0 Å². The molecule has 0 radical (unpaired) electrons. The van der Waals surface area contributed by atoms with Crippen molar-refractivity contribution in [3.8, 4) is 5.75 Å². The molecular formula is C25H21O3S+. The van der Waals surface area contributed by atoms with Gasteiger partial charge in [0.05, 0.1) is 10.9 Å². The Labute approximate surface area is 173 Å². The number of rotatable bonds is 4. The predicted octanol–water partition coefficient (Wildman–Crippen LogP) is 5.87. The molecule has 0 spiro atoms. The number of para-hydroxylation sites is 1. The molecule has 0 saturated heterocycles. The molecule has 144 valence electrons. The molecule has 3 nitrogen and oxygen atoms in total. The summed E-state index contributed by atoms with van der Waals surface area (Å²) in [5, 5.41) is 17.3. The minimum absolute atomic E-state index is 0.0146. The Kier molecular flexibility index (Phi) is 7.09. The van der Waals surface area contributed by atoms with E-state index in [1.54, 1.807) is 12.1 Å². The van der Waals surface area contributed by atoms with Gasteiger partial charge in [-0.25, -0.2) is 4.79 Å². The molecule has 4 rings (SSSR count). The molecule has 4 aromatic carbocycles. The van der Waals surface area contributed by atoms with Crippen LogP contribution >= 0.6 is 0 Å². The lowest BCUT2D eigenvalue weighted by Crippen LogP contribution is -2.04. The number of aromatic hydroxyl groups is 1. The summed E-state index contributed by atoms with van der Waals surface area (Å²) >= 11 is 0. The number of carboxylic acid groups (broad SMARTS) is 1. The standard InChI is InChI=1S/C18H15S.C7H6O3/c1-4-10-16(11-5-1)19(17-12-6-2-7-13-17)18-14-8-3-9-15-18;8-6-4-2-1-3-5(6)7(9)10/h1-15H;1-4,8H,(H,9,10)/q+1;. The second-order valence-electron chi connectivity index (χ2n) is 6.07. The van der Waals surface area contributed by atoms with Gasteiger partial charge in [-0.2, -0.15) is 0 Å². The third-order valence-corrected chi connectivity index (χ3v) is 6.30. The van der Waals surface area contributed by atoms with Gasteiger partial charge in [0.1, 0.15) is 11.3 Å². The van der Waals surface area contributed by atoms with Crippen LogP contribution in [0.15, 0.2) is 130 Å². The minimum Gasteiger partial charge on any atom is -0.507 e. The Morgan fingerprint density at radius 3 is 1.21 bits per heavy atom. The maximum absolute atomic E-state index is 10.3. The fraction of sp³-hybridized carbons (Fsp3) is 0. The number of hydrogen-bond acceptors (Lipinski definition) is 2. The number of benzene rings is 4. The maximum atomic E-state index is 10.3. The zero-order valence-electron chi connectivity index (χ0n) is 15.7.